The lowest BCUT2D eigenvalue weighted by atomic mass is 10.1. The average Bonchev–Trinajstić information content (AvgIpc) is 3.06. The molecule has 1 aromatic carbocycles. The van der Waals surface area contributed by atoms with E-state index in [1.165, 1.54) is 28.4 Å². The van der Waals surface area contributed by atoms with Crippen LogP contribution in [-0.4, -0.2) is 43.8 Å². The third kappa shape index (κ3) is 4.27. The van der Waals surface area contributed by atoms with Gasteiger partial charge in [-0.25, -0.2) is 8.42 Å². The molecule has 2 aromatic rings. The first-order chi connectivity index (χ1) is 12.4. The van der Waals surface area contributed by atoms with E-state index in [1.807, 2.05) is 5.38 Å². The number of thiophene rings is 1. The molecule has 0 spiro atoms. The van der Waals surface area contributed by atoms with Gasteiger partial charge in [0.25, 0.3) is 11.7 Å². The number of carbonyl (C=O) groups excluding carboxylic acids is 1. The van der Waals surface area contributed by atoms with Crippen molar-refractivity contribution in [3.05, 3.63) is 52.2 Å². The Morgan fingerprint density at radius 2 is 1.96 bits per heavy atom. The maximum Gasteiger partial charge on any atom is 0.288 e. The zero-order valence-electron chi connectivity index (χ0n) is 13.7. The molecule has 1 aromatic heterocycles. The summed E-state index contributed by atoms with van der Waals surface area (Å²) in [6, 6.07) is 9.79. The summed E-state index contributed by atoms with van der Waals surface area (Å²) in [4.78, 5) is 15.3. The number of alkyl halides is 2. The zero-order chi connectivity index (χ0) is 18.7. The first-order valence-electron chi connectivity index (χ1n) is 7.96. The Labute approximate surface area is 159 Å². The van der Waals surface area contributed by atoms with Crippen LogP contribution in [0, 0.1) is 0 Å². The molecule has 1 fully saturated rings. The van der Waals surface area contributed by atoms with Crippen molar-refractivity contribution in [2.24, 2.45) is 0 Å². The maximum atomic E-state index is 12.8. The Morgan fingerprint density at radius 3 is 2.65 bits per heavy atom. The summed E-state index contributed by atoms with van der Waals surface area (Å²) in [5.41, 5.74) is 0.185. The van der Waals surface area contributed by atoms with Gasteiger partial charge in [0.05, 0.1) is 16.6 Å². The SMILES string of the molecule is O=C(c1ccccc1SC(F)F)N1CC[C@@H](c2cccs2)S(=O)(=O)CC1. The molecule has 1 amide bonds. The topological polar surface area (TPSA) is 54.5 Å². The highest BCUT2D eigenvalue weighted by atomic mass is 32.2. The first-order valence-corrected chi connectivity index (χ1v) is 11.4. The Balaban J connectivity index is 1.82. The molecule has 1 saturated heterocycles. The fourth-order valence-corrected chi connectivity index (χ4v) is 6.59. The van der Waals surface area contributed by atoms with Crippen LogP contribution in [0.4, 0.5) is 8.78 Å². The second-order valence-electron chi connectivity index (χ2n) is 5.83. The van der Waals surface area contributed by atoms with Crippen LogP contribution in [0.15, 0.2) is 46.7 Å². The molecule has 1 atom stereocenters. The molecule has 3 rings (SSSR count). The molecular weight excluding hydrogens is 400 g/mol. The van der Waals surface area contributed by atoms with E-state index in [2.05, 4.69) is 0 Å². The molecule has 0 saturated carbocycles. The lowest BCUT2D eigenvalue weighted by molar-refractivity contribution is 0.0763. The van der Waals surface area contributed by atoms with Gasteiger partial charge in [-0.3, -0.25) is 4.79 Å². The zero-order valence-corrected chi connectivity index (χ0v) is 16.1. The number of rotatable bonds is 4. The number of hydrogen-bond acceptors (Lipinski definition) is 5. The van der Waals surface area contributed by atoms with Gasteiger partial charge in [0.1, 0.15) is 0 Å². The second kappa shape index (κ2) is 8.06. The van der Waals surface area contributed by atoms with E-state index >= 15 is 0 Å². The molecule has 4 nitrogen and oxygen atoms in total. The molecule has 140 valence electrons. The minimum absolute atomic E-state index is 0.0662. The van der Waals surface area contributed by atoms with E-state index in [-0.39, 0.29) is 29.3 Å². The Hall–Kier alpha value is -1.45. The molecule has 0 unspecified atom stereocenters. The third-order valence-corrected chi connectivity index (χ3v) is 8.25. The fraction of sp³-hybridized carbons (Fsp3) is 0.353. The van der Waals surface area contributed by atoms with Gasteiger partial charge in [-0.15, -0.1) is 11.3 Å². The van der Waals surface area contributed by atoms with Crippen LogP contribution in [-0.2, 0) is 9.84 Å². The number of hydrogen-bond donors (Lipinski definition) is 0. The van der Waals surface area contributed by atoms with Crippen LogP contribution in [0.3, 0.4) is 0 Å². The summed E-state index contributed by atoms with van der Waals surface area (Å²) >= 11 is 1.71. The molecule has 0 aliphatic carbocycles. The third-order valence-electron chi connectivity index (χ3n) is 4.22. The fourth-order valence-electron chi connectivity index (χ4n) is 2.95. The molecule has 2 heterocycles. The minimum atomic E-state index is -3.37. The van der Waals surface area contributed by atoms with Gasteiger partial charge < -0.3 is 4.90 Å². The molecule has 26 heavy (non-hydrogen) atoms. The van der Waals surface area contributed by atoms with E-state index in [0.29, 0.717) is 18.2 Å². The molecule has 0 bridgehead atoms. The number of sulfone groups is 1. The Kier molecular flexibility index (Phi) is 5.99. The van der Waals surface area contributed by atoms with Crippen LogP contribution in [0.25, 0.3) is 0 Å². The van der Waals surface area contributed by atoms with Crippen molar-refractivity contribution >= 4 is 38.8 Å². The molecule has 0 N–H and O–H groups in total. The molecule has 0 radical (unpaired) electrons. The highest BCUT2D eigenvalue weighted by Crippen LogP contribution is 2.34. The van der Waals surface area contributed by atoms with Crippen molar-refractivity contribution in [2.75, 3.05) is 18.8 Å². The van der Waals surface area contributed by atoms with E-state index < -0.39 is 26.8 Å². The molecule has 1 aliphatic rings. The molecule has 9 heteroatoms. The summed E-state index contributed by atoms with van der Waals surface area (Å²) in [7, 11) is -3.37. The van der Waals surface area contributed by atoms with Crippen molar-refractivity contribution in [1.82, 2.24) is 4.90 Å². The van der Waals surface area contributed by atoms with Gasteiger partial charge in [0.15, 0.2) is 9.84 Å². The predicted molar refractivity (Wildman–Crippen MR) is 99.7 cm³/mol. The van der Waals surface area contributed by atoms with E-state index in [0.717, 1.165) is 4.88 Å². The van der Waals surface area contributed by atoms with Crippen LogP contribution in [0.5, 0.6) is 0 Å². The minimum Gasteiger partial charge on any atom is -0.338 e. The van der Waals surface area contributed by atoms with Crippen LogP contribution >= 0.6 is 23.1 Å². The average molecular weight is 418 g/mol. The smallest absolute Gasteiger partial charge is 0.288 e. The largest absolute Gasteiger partial charge is 0.338 e. The van der Waals surface area contributed by atoms with Gasteiger partial charge in [-0.1, -0.05) is 30.0 Å². The van der Waals surface area contributed by atoms with E-state index in [4.69, 9.17) is 0 Å². The van der Waals surface area contributed by atoms with Crippen molar-refractivity contribution in [1.29, 1.82) is 0 Å². The van der Waals surface area contributed by atoms with Gasteiger partial charge in [0, 0.05) is 22.9 Å². The number of thioether (sulfide) groups is 1. The summed E-state index contributed by atoms with van der Waals surface area (Å²) < 4.78 is 50.6. The number of nitrogens with zero attached hydrogens (tertiary/aromatic N) is 1. The van der Waals surface area contributed by atoms with Crippen molar-refractivity contribution < 1.29 is 22.0 Å². The van der Waals surface area contributed by atoms with E-state index in [9.17, 15) is 22.0 Å². The number of halogens is 2. The number of benzene rings is 1. The lowest BCUT2D eigenvalue weighted by Gasteiger charge is -2.21. The summed E-state index contributed by atoms with van der Waals surface area (Å²) in [5.74, 6) is -3.17. The highest BCUT2D eigenvalue weighted by Gasteiger charge is 2.34. The van der Waals surface area contributed by atoms with Crippen molar-refractivity contribution in [3.8, 4) is 0 Å². The maximum absolute atomic E-state index is 12.8. The summed E-state index contributed by atoms with van der Waals surface area (Å²) in [5, 5.41) is 1.21. The predicted octanol–water partition coefficient (Wildman–Crippen LogP) is 4.06. The second-order valence-corrected chi connectivity index (χ2v) is 10.1. The molecular formula is C17H17F2NO3S3. The highest BCUT2D eigenvalue weighted by molar-refractivity contribution is 7.99. The first kappa shape index (κ1) is 19.3. The van der Waals surface area contributed by atoms with Gasteiger partial charge in [-0.05, 0) is 30.0 Å². The Bertz CT molecular complexity index is 869. The van der Waals surface area contributed by atoms with Crippen LogP contribution in [0.2, 0.25) is 0 Å². The standard InChI is InChI=1S/C17H17F2NO3S3/c18-17(19)25-13-5-2-1-4-12(13)16(21)20-8-7-15(14-6-3-10-24-14)26(22,23)11-9-20/h1-6,10,15,17H,7-9,11H2/t15-/m0/s1. The Morgan fingerprint density at radius 1 is 1.19 bits per heavy atom. The quantitative estimate of drug-likeness (QED) is 0.704. The van der Waals surface area contributed by atoms with Gasteiger partial charge in [-0.2, -0.15) is 8.78 Å². The lowest BCUT2D eigenvalue weighted by Crippen LogP contribution is -2.34. The van der Waals surface area contributed by atoms with Crippen LogP contribution in [0.1, 0.15) is 26.9 Å². The normalized spacial score (nSPS) is 20.1. The number of amides is 1. The summed E-state index contributed by atoms with van der Waals surface area (Å²) in [6.07, 6.45) is 0.304. The van der Waals surface area contributed by atoms with Crippen molar-refractivity contribution in [3.63, 3.8) is 0 Å². The van der Waals surface area contributed by atoms with Gasteiger partial charge in [0.2, 0.25) is 0 Å². The van der Waals surface area contributed by atoms with E-state index in [1.54, 1.807) is 24.3 Å². The summed E-state index contributed by atoms with van der Waals surface area (Å²) in [6.45, 7) is 0.338. The van der Waals surface area contributed by atoms with Gasteiger partial charge >= 0.3 is 0 Å². The number of carbonyl (C=O) groups is 1. The van der Waals surface area contributed by atoms with Crippen molar-refractivity contribution in [2.45, 2.75) is 22.3 Å². The molecule has 1 aliphatic heterocycles. The monoisotopic (exact) mass is 417 g/mol. The van der Waals surface area contributed by atoms with Crippen LogP contribution < -0.4 is 0 Å².